The van der Waals surface area contributed by atoms with E-state index in [0.717, 1.165) is 0 Å². The third kappa shape index (κ3) is 4.26. The molecule has 1 fully saturated rings. The largest absolute Gasteiger partial charge is 0.481 e. The van der Waals surface area contributed by atoms with Crippen molar-refractivity contribution in [1.29, 1.82) is 5.26 Å². The van der Waals surface area contributed by atoms with Crippen molar-refractivity contribution in [3.05, 3.63) is 41.3 Å². The zero-order chi connectivity index (χ0) is 21.2. The molecule has 3 rings (SSSR count). The molecule has 1 aromatic carbocycles. The van der Waals surface area contributed by atoms with E-state index in [1.165, 1.54) is 4.31 Å². The fourth-order valence-corrected chi connectivity index (χ4v) is 4.95. The fourth-order valence-electron chi connectivity index (χ4n) is 3.24. The van der Waals surface area contributed by atoms with Crippen LogP contribution in [0.5, 0.6) is 5.75 Å². The minimum absolute atomic E-state index is 0.0924. The first kappa shape index (κ1) is 20.8. The van der Waals surface area contributed by atoms with Gasteiger partial charge < -0.3 is 14.2 Å². The number of sulfonamides is 1. The van der Waals surface area contributed by atoms with Gasteiger partial charge in [-0.15, -0.1) is 0 Å². The molecule has 0 saturated carbocycles. The van der Waals surface area contributed by atoms with Gasteiger partial charge in [0.1, 0.15) is 16.3 Å². The van der Waals surface area contributed by atoms with E-state index in [9.17, 15) is 13.2 Å². The van der Waals surface area contributed by atoms with Crippen LogP contribution in [0, 0.1) is 25.2 Å². The number of aryl methyl sites for hydroxylation is 2. The molecule has 2 aromatic rings. The minimum atomic E-state index is -3.72. The summed E-state index contributed by atoms with van der Waals surface area (Å²) in [6.45, 7) is 5.70. The van der Waals surface area contributed by atoms with Crippen LogP contribution in [0.4, 0.5) is 0 Å². The zero-order valence-electron chi connectivity index (χ0n) is 16.5. The van der Waals surface area contributed by atoms with Crippen LogP contribution in [0.2, 0.25) is 0 Å². The van der Waals surface area contributed by atoms with E-state index in [1.807, 2.05) is 6.07 Å². The van der Waals surface area contributed by atoms with Gasteiger partial charge in [0, 0.05) is 26.2 Å². The molecule has 1 saturated heterocycles. The Hall–Kier alpha value is -2.90. The average Bonchev–Trinajstić information content (AvgIpc) is 3.06. The molecule has 1 aliphatic heterocycles. The summed E-state index contributed by atoms with van der Waals surface area (Å²) in [5, 5.41) is 12.5. The Bertz CT molecular complexity index is 1010. The van der Waals surface area contributed by atoms with Gasteiger partial charge in [-0.3, -0.25) is 4.79 Å². The molecule has 1 aromatic heterocycles. The van der Waals surface area contributed by atoms with Crippen molar-refractivity contribution in [3.63, 3.8) is 0 Å². The molecule has 9 nitrogen and oxygen atoms in total. The molecule has 10 heteroatoms. The van der Waals surface area contributed by atoms with Crippen molar-refractivity contribution in [3.8, 4) is 11.8 Å². The topological polar surface area (TPSA) is 117 Å². The molecule has 1 aliphatic rings. The maximum atomic E-state index is 12.9. The maximum absolute atomic E-state index is 12.9. The van der Waals surface area contributed by atoms with Crippen molar-refractivity contribution in [2.24, 2.45) is 0 Å². The SMILES string of the molecule is Cc1noc(C)c1S(=O)(=O)N1CCN(C(=O)[C@H](C)Oc2ccc(C#N)cc2)CC1. The van der Waals surface area contributed by atoms with Crippen molar-refractivity contribution in [2.75, 3.05) is 26.2 Å². The Labute approximate surface area is 169 Å². The van der Waals surface area contributed by atoms with Gasteiger partial charge in [0.2, 0.25) is 10.0 Å². The minimum Gasteiger partial charge on any atom is -0.481 e. The highest BCUT2D eigenvalue weighted by Crippen LogP contribution is 2.24. The number of hydrogen-bond donors (Lipinski definition) is 0. The highest BCUT2D eigenvalue weighted by atomic mass is 32.2. The van der Waals surface area contributed by atoms with E-state index in [2.05, 4.69) is 5.16 Å². The second-order valence-electron chi connectivity index (χ2n) is 6.78. The van der Waals surface area contributed by atoms with Crippen LogP contribution in [-0.4, -0.2) is 61.0 Å². The Morgan fingerprint density at radius 1 is 1.21 bits per heavy atom. The van der Waals surface area contributed by atoms with Crippen LogP contribution in [0.25, 0.3) is 0 Å². The highest BCUT2D eigenvalue weighted by molar-refractivity contribution is 7.89. The number of nitrogens with zero attached hydrogens (tertiary/aromatic N) is 4. The second kappa shape index (κ2) is 8.23. The summed E-state index contributed by atoms with van der Waals surface area (Å²) in [5.41, 5.74) is 0.831. The van der Waals surface area contributed by atoms with E-state index in [-0.39, 0.29) is 42.7 Å². The molecule has 0 aliphatic carbocycles. The molecule has 0 spiro atoms. The van der Waals surface area contributed by atoms with Gasteiger partial charge in [0.25, 0.3) is 5.91 Å². The van der Waals surface area contributed by atoms with Crippen LogP contribution < -0.4 is 4.74 Å². The second-order valence-corrected chi connectivity index (χ2v) is 8.65. The van der Waals surface area contributed by atoms with Crippen LogP contribution in [-0.2, 0) is 14.8 Å². The third-order valence-electron chi connectivity index (χ3n) is 4.76. The molecular weight excluding hydrogens is 396 g/mol. The van der Waals surface area contributed by atoms with E-state index < -0.39 is 16.1 Å². The van der Waals surface area contributed by atoms with Crippen molar-refractivity contribution in [2.45, 2.75) is 31.8 Å². The van der Waals surface area contributed by atoms with Gasteiger partial charge in [-0.25, -0.2) is 8.42 Å². The number of carbonyl (C=O) groups excluding carboxylic acids is 1. The van der Waals surface area contributed by atoms with Gasteiger partial charge >= 0.3 is 0 Å². The molecule has 0 bridgehead atoms. The number of hydrogen-bond acceptors (Lipinski definition) is 7. The number of nitriles is 1. The Balaban J connectivity index is 1.61. The zero-order valence-corrected chi connectivity index (χ0v) is 17.3. The molecule has 29 heavy (non-hydrogen) atoms. The number of carbonyl (C=O) groups is 1. The smallest absolute Gasteiger partial charge is 0.263 e. The van der Waals surface area contributed by atoms with Crippen LogP contribution >= 0.6 is 0 Å². The Morgan fingerprint density at radius 2 is 1.83 bits per heavy atom. The fraction of sp³-hybridized carbons (Fsp3) is 0.421. The van der Waals surface area contributed by atoms with Gasteiger partial charge in [0.15, 0.2) is 11.9 Å². The van der Waals surface area contributed by atoms with Crippen molar-refractivity contribution >= 4 is 15.9 Å². The molecule has 154 valence electrons. The van der Waals surface area contributed by atoms with Crippen molar-refractivity contribution in [1.82, 2.24) is 14.4 Å². The Kier molecular flexibility index (Phi) is 5.91. The number of ether oxygens (including phenoxy) is 1. The first-order valence-corrected chi connectivity index (χ1v) is 10.6. The van der Waals surface area contributed by atoms with Gasteiger partial charge in [-0.05, 0) is 45.0 Å². The summed E-state index contributed by atoms with van der Waals surface area (Å²) in [5.74, 6) is 0.527. The quantitative estimate of drug-likeness (QED) is 0.721. The molecule has 0 N–H and O–H groups in total. The maximum Gasteiger partial charge on any atom is 0.263 e. The van der Waals surface area contributed by atoms with Crippen LogP contribution in [0.15, 0.2) is 33.7 Å². The van der Waals surface area contributed by atoms with Gasteiger partial charge in [0.05, 0.1) is 11.6 Å². The number of benzene rings is 1. The number of amides is 1. The third-order valence-corrected chi connectivity index (χ3v) is 6.90. The van der Waals surface area contributed by atoms with Crippen molar-refractivity contribution < 1.29 is 22.5 Å². The molecular formula is C19H22N4O5S. The Morgan fingerprint density at radius 3 is 2.34 bits per heavy atom. The summed E-state index contributed by atoms with van der Waals surface area (Å²) in [6, 6.07) is 8.52. The first-order chi connectivity index (χ1) is 13.7. The van der Waals surface area contributed by atoms with E-state index in [1.54, 1.807) is 49.9 Å². The predicted octanol–water partition coefficient (Wildman–Crippen LogP) is 1.46. The lowest BCUT2D eigenvalue weighted by molar-refractivity contribution is -0.139. The first-order valence-electron chi connectivity index (χ1n) is 9.12. The van der Waals surface area contributed by atoms with Gasteiger partial charge in [-0.2, -0.15) is 9.57 Å². The summed E-state index contributed by atoms with van der Waals surface area (Å²) in [4.78, 5) is 14.4. The summed E-state index contributed by atoms with van der Waals surface area (Å²) in [7, 11) is -3.72. The van der Waals surface area contributed by atoms with E-state index in [4.69, 9.17) is 14.5 Å². The molecule has 1 amide bonds. The molecule has 2 heterocycles. The van der Waals surface area contributed by atoms with E-state index in [0.29, 0.717) is 17.0 Å². The van der Waals surface area contributed by atoms with E-state index >= 15 is 0 Å². The number of aromatic nitrogens is 1. The standard InChI is InChI=1S/C19H22N4O5S/c1-13-18(14(2)28-21-13)29(25,26)23-10-8-22(9-11-23)19(24)15(3)27-17-6-4-16(12-20)5-7-17/h4-7,15H,8-11H2,1-3H3/t15-/m0/s1. The summed E-state index contributed by atoms with van der Waals surface area (Å²) in [6.07, 6.45) is -0.728. The normalized spacial score (nSPS) is 16.3. The highest BCUT2D eigenvalue weighted by Gasteiger charge is 2.35. The number of rotatable bonds is 5. The van der Waals surface area contributed by atoms with Crippen LogP contribution in [0.1, 0.15) is 23.9 Å². The predicted molar refractivity (Wildman–Crippen MR) is 103 cm³/mol. The lowest BCUT2D eigenvalue weighted by atomic mass is 10.2. The summed E-state index contributed by atoms with van der Waals surface area (Å²) >= 11 is 0. The monoisotopic (exact) mass is 418 g/mol. The lowest BCUT2D eigenvalue weighted by Gasteiger charge is -2.35. The number of piperazine rings is 1. The molecule has 1 atom stereocenters. The average molecular weight is 418 g/mol. The summed E-state index contributed by atoms with van der Waals surface area (Å²) < 4.78 is 37.7. The van der Waals surface area contributed by atoms with Crippen LogP contribution in [0.3, 0.4) is 0 Å². The van der Waals surface area contributed by atoms with Gasteiger partial charge in [-0.1, -0.05) is 5.16 Å². The lowest BCUT2D eigenvalue weighted by Crippen LogP contribution is -2.53. The molecule has 0 radical (unpaired) electrons. The molecule has 0 unspecified atom stereocenters.